The lowest BCUT2D eigenvalue weighted by Gasteiger charge is -2.32. The Balaban J connectivity index is 2.03. The Kier molecular flexibility index (Phi) is 4.43. The molecule has 0 spiro atoms. The summed E-state index contributed by atoms with van der Waals surface area (Å²) in [6.07, 6.45) is -2.17. The normalized spacial score (nSPS) is 24.3. The Hall–Kier alpha value is -0.710. The van der Waals surface area contributed by atoms with E-state index in [-0.39, 0.29) is 18.9 Å². The van der Waals surface area contributed by atoms with Gasteiger partial charge in [-0.3, -0.25) is 0 Å². The third-order valence-electron chi connectivity index (χ3n) is 3.69. The number of anilines is 1. The minimum absolute atomic E-state index is 0.0831. The van der Waals surface area contributed by atoms with Crippen LogP contribution in [0, 0.1) is 12.8 Å². The van der Waals surface area contributed by atoms with Crippen LogP contribution in [0.5, 0.6) is 0 Å². The van der Waals surface area contributed by atoms with Gasteiger partial charge in [0.05, 0.1) is 5.92 Å². The summed E-state index contributed by atoms with van der Waals surface area (Å²) in [6, 6.07) is 5.70. The Morgan fingerprint density at radius 2 is 2.00 bits per heavy atom. The maximum absolute atomic E-state index is 12.8. The molecule has 1 aromatic rings. The van der Waals surface area contributed by atoms with Crippen LogP contribution in [0.2, 0.25) is 0 Å². The molecule has 106 valence electrons. The van der Waals surface area contributed by atoms with Crippen LogP contribution in [0.25, 0.3) is 0 Å². The SMILES string of the molecule is Cc1cc(Br)ccc1NC1CCCC(C(F)(F)F)C1. The van der Waals surface area contributed by atoms with E-state index in [9.17, 15) is 13.2 Å². The highest BCUT2D eigenvalue weighted by atomic mass is 79.9. The van der Waals surface area contributed by atoms with Gasteiger partial charge < -0.3 is 5.32 Å². The van der Waals surface area contributed by atoms with E-state index in [1.807, 2.05) is 25.1 Å². The summed E-state index contributed by atoms with van der Waals surface area (Å²) in [5.74, 6) is -1.16. The summed E-state index contributed by atoms with van der Waals surface area (Å²) < 4.78 is 39.2. The second kappa shape index (κ2) is 5.73. The van der Waals surface area contributed by atoms with Crippen molar-refractivity contribution in [3.8, 4) is 0 Å². The Morgan fingerprint density at radius 3 is 2.63 bits per heavy atom. The number of aryl methyl sites for hydroxylation is 1. The van der Waals surface area contributed by atoms with Gasteiger partial charge in [0.2, 0.25) is 0 Å². The number of nitrogens with one attached hydrogen (secondary N) is 1. The number of halogens is 4. The average molecular weight is 336 g/mol. The zero-order valence-corrected chi connectivity index (χ0v) is 12.3. The first-order valence-corrected chi connectivity index (χ1v) is 7.25. The number of hydrogen-bond donors (Lipinski definition) is 1. The molecule has 5 heteroatoms. The van der Waals surface area contributed by atoms with Gasteiger partial charge in [-0.25, -0.2) is 0 Å². The van der Waals surface area contributed by atoms with Crippen LogP contribution in [-0.2, 0) is 0 Å². The van der Waals surface area contributed by atoms with E-state index in [4.69, 9.17) is 0 Å². The molecule has 2 atom stereocenters. The molecular formula is C14H17BrF3N. The minimum Gasteiger partial charge on any atom is -0.382 e. The van der Waals surface area contributed by atoms with Crippen molar-refractivity contribution in [1.82, 2.24) is 0 Å². The molecule has 0 radical (unpaired) electrons. The Bertz CT molecular complexity index is 445. The molecule has 1 aliphatic rings. The van der Waals surface area contributed by atoms with Crippen LogP contribution >= 0.6 is 15.9 Å². The van der Waals surface area contributed by atoms with Crippen molar-refractivity contribution in [1.29, 1.82) is 0 Å². The fourth-order valence-electron chi connectivity index (χ4n) is 2.63. The van der Waals surface area contributed by atoms with E-state index in [1.165, 1.54) is 0 Å². The van der Waals surface area contributed by atoms with Crippen LogP contribution in [0.1, 0.15) is 31.2 Å². The van der Waals surface area contributed by atoms with Crippen LogP contribution in [0.3, 0.4) is 0 Å². The average Bonchev–Trinajstić information content (AvgIpc) is 2.32. The molecule has 1 aliphatic carbocycles. The zero-order valence-electron chi connectivity index (χ0n) is 10.7. The van der Waals surface area contributed by atoms with Gasteiger partial charge >= 0.3 is 6.18 Å². The lowest BCUT2D eigenvalue weighted by Crippen LogP contribution is -2.34. The quantitative estimate of drug-likeness (QED) is 0.774. The van der Waals surface area contributed by atoms with Crippen molar-refractivity contribution < 1.29 is 13.2 Å². The smallest absolute Gasteiger partial charge is 0.382 e. The third kappa shape index (κ3) is 3.88. The fraction of sp³-hybridized carbons (Fsp3) is 0.571. The summed E-state index contributed by atoms with van der Waals surface area (Å²) in [5.41, 5.74) is 1.97. The molecule has 0 amide bonds. The lowest BCUT2D eigenvalue weighted by molar-refractivity contribution is -0.182. The highest BCUT2D eigenvalue weighted by Crippen LogP contribution is 2.38. The molecule has 0 aromatic heterocycles. The van der Waals surface area contributed by atoms with E-state index < -0.39 is 12.1 Å². The minimum atomic E-state index is -4.06. The predicted octanol–water partition coefficient (Wildman–Crippen LogP) is 5.29. The first-order valence-electron chi connectivity index (χ1n) is 6.45. The van der Waals surface area contributed by atoms with E-state index >= 15 is 0 Å². The highest BCUT2D eigenvalue weighted by Gasteiger charge is 2.42. The van der Waals surface area contributed by atoms with E-state index in [0.29, 0.717) is 6.42 Å². The molecular weight excluding hydrogens is 319 g/mol. The van der Waals surface area contributed by atoms with E-state index in [1.54, 1.807) is 0 Å². The topological polar surface area (TPSA) is 12.0 Å². The molecule has 1 fully saturated rings. The second-order valence-electron chi connectivity index (χ2n) is 5.21. The van der Waals surface area contributed by atoms with Crippen molar-refractivity contribution in [2.75, 3.05) is 5.32 Å². The third-order valence-corrected chi connectivity index (χ3v) is 4.18. The lowest BCUT2D eigenvalue weighted by atomic mass is 9.85. The van der Waals surface area contributed by atoms with Crippen molar-refractivity contribution >= 4 is 21.6 Å². The molecule has 2 unspecified atom stereocenters. The second-order valence-corrected chi connectivity index (χ2v) is 6.12. The largest absolute Gasteiger partial charge is 0.391 e. The van der Waals surface area contributed by atoms with Crippen LogP contribution in [0.4, 0.5) is 18.9 Å². The van der Waals surface area contributed by atoms with E-state index in [2.05, 4.69) is 21.2 Å². The zero-order chi connectivity index (χ0) is 14.0. The molecule has 0 bridgehead atoms. The van der Waals surface area contributed by atoms with Crippen molar-refractivity contribution in [2.24, 2.45) is 5.92 Å². The highest BCUT2D eigenvalue weighted by molar-refractivity contribution is 9.10. The molecule has 0 heterocycles. The maximum Gasteiger partial charge on any atom is 0.391 e. The van der Waals surface area contributed by atoms with Crippen molar-refractivity contribution in [3.05, 3.63) is 28.2 Å². The predicted molar refractivity (Wildman–Crippen MR) is 74.3 cm³/mol. The van der Waals surface area contributed by atoms with Gasteiger partial charge in [0.1, 0.15) is 0 Å². The summed E-state index contributed by atoms with van der Waals surface area (Å²) in [7, 11) is 0. The molecule has 1 N–H and O–H groups in total. The Morgan fingerprint density at radius 1 is 1.26 bits per heavy atom. The van der Waals surface area contributed by atoms with Gasteiger partial charge in [-0.2, -0.15) is 13.2 Å². The fourth-order valence-corrected chi connectivity index (χ4v) is 3.10. The van der Waals surface area contributed by atoms with Crippen LogP contribution in [-0.4, -0.2) is 12.2 Å². The van der Waals surface area contributed by atoms with Gasteiger partial charge in [0, 0.05) is 16.2 Å². The molecule has 1 saturated carbocycles. The molecule has 1 aromatic carbocycles. The number of hydrogen-bond acceptors (Lipinski definition) is 1. The van der Waals surface area contributed by atoms with Gasteiger partial charge in [0.15, 0.2) is 0 Å². The first-order chi connectivity index (χ1) is 8.86. The van der Waals surface area contributed by atoms with Crippen LogP contribution < -0.4 is 5.32 Å². The summed E-state index contributed by atoms with van der Waals surface area (Å²) in [6.45, 7) is 1.96. The van der Waals surface area contributed by atoms with E-state index in [0.717, 1.165) is 22.1 Å². The standard InChI is InChI=1S/C14H17BrF3N/c1-9-7-11(15)5-6-13(9)19-12-4-2-3-10(8-12)14(16,17)18/h5-7,10,12,19H,2-4,8H2,1H3. The summed E-state index contributed by atoms with van der Waals surface area (Å²) in [5, 5.41) is 3.26. The summed E-state index contributed by atoms with van der Waals surface area (Å²) >= 11 is 3.38. The molecule has 1 nitrogen and oxygen atoms in total. The first kappa shape index (κ1) is 14.7. The molecule has 19 heavy (non-hydrogen) atoms. The van der Waals surface area contributed by atoms with Crippen LogP contribution in [0.15, 0.2) is 22.7 Å². The molecule has 0 saturated heterocycles. The van der Waals surface area contributed by atoms with Gasteiger partial charge in [-0.1, -0.05) is 22.4 Å². The molecule has 0 aliphatic heterocycles. The van der Waals surface area contributed by atoms with Gasteiger partial charge in [0.25, 0.3) is 0 Å². The number of alkyl halides is 3. The molecule has 2 rings (SSSR count). The summed E-state index contributed by atoms with van der Waals surface area (Å²) in [4.78, 5) is 0. The Labute approximate surface area is 119 Å². The monoisotopic (exact) mass is 335 g/mol. The number of rotatable bonds is 2. The van der Waals surface area contributed by atoms with Gasteiger partial charge in [-0.05, 0) is 49.9 Å². The van der Waals surface area contributed by atoms with Gasteiger partial charge in [-0.15, -0.1) is 0 Å². The van der Waals surface area contributed by atoms with Crippen molar-refractivity contribution in [3.63, 3.8) is 0 Å². The number of benzene rings is 1. The maximum atomic E-state index is 12.8. The van der Waals surface area contributed by atoms with Crippen molar-refractivity contribution in [2.45, 2.75) is 44.8 Å².